The minimum absolute atomic E-state index is 0.0492. The fourth-order valence-electron chi connectivity index (χ4n) is 2.68. The molecule has 0 aliphatic rings. The van der Waals surface area contributed by atoms with E-state index < -0.39 is 0 Å². The van der Waals surface area contributed by atoms with Gasteiger partial charge in [0.1, 0.15) is 0 Å². The fourth-order valence-corrected chi connectivity index (χ4v) is 4.13. The summed E-state index contributed by atoms with van der Waals surface area (Å²) in [6.07, 6.45) is 0. The lowest BCUT2D eigenvalue weighted by Crippen LogP contribution is -2.15. The molecule has 1 heterocycles. The monoisotopic (exact) mass is 492 g/mol. The third-order valence-electron chi connectivity index (χ3n) is 4.14. The zero-order valence-electron chi connectivity index (χ0n) is 15.5. The minimum atomic E-state index is -0.0492. The van der Waals surface area contributed by atoms with E-state index >= 15 is 0 Å². The Bertz CT molecular complexity index is 953. The summed E-state index contributed by atoms with van der Waals surface area (Å²) in [5, 5.41) is 12.3. The normalized spacial score (nSPS) is 10.8. The van der Waals surface area contributed by atoms with Crippen molar-refractivity contribution < 1.29 is 4.79 Å². The molecule has 27 heavy (non-hydrogen) atoms. The average molecular weight is 492 g/mol. The number of aryl methyl sites for hydroxylation is 2. The van der Waals surface area contributed by atoms with Crippen LogP contribution in [0.15, 0.2) is 47.6 Å². The Morgan fingerprint density at radius 3 is 2.56 bits per heavy atom. The first-order valence-corrected chi connectivity index (χ1v) is 10.7. The molecule has 3 rings (SSSR count). The van der Waals surface area contributed by atoms with Gasteiger partial charge in [0.15, 0.2) is 11.0 Å². The second-order valence-corrected chi connectivity index (χ2v) is 8.40. The lowest BCUT2D eigenvalue weighted by atomic mass is 10.1. The van der Waals surface area contributed by atoms with Gasteiger partial charge in [-0.2, -0.15) is 0 Å². The molecule has 0 radical (unpaired) electrons. The topological polar surface area (TPSA) is 59.8 Å². The molecule has 0 fully saturated rings. The Morgan fingerprint density at radius 2 is 1.89 bits per heavy atom. The zero-order chi connectivity index (χ0) is 19.4. The van der Waals surface area contributed by atoms with E-state index in [0.717, 1.165) is 37.9 Å². The molecule has 1 N–H and O–H groups in total. The predicted molar refractivity (Wildman–Crippen MR) is 119 cm³/mol. The van der Waals surface area contributed by atoms with Crippen LogP contribution in [-0.4, -0.2) is 26.4 Å². The highest BCUT2D eigenvalue weighted by Gasteiger charge is 2.15. The van der Waals surface area contributed by atoms with E-state index in [4.69, 9.17) is 0 Å². The van der Waals surface area contributed by atoms with Gasteiger partial charge in [-0.1, -0.05) is 41.6 Å². The largest absolute Gasteiger partial charge is 0.325 e. The van der Waals surface area contributed by atoms with Crippen LogP contribution in [0.2, 0.25) is 0 Å². The van der Waals surface area contributed by atoms with Gasteiger partial charge in [0.25, 0.3) is 0 Å². The van der Waals surface area contributed by atoms with Crippen molar-refractivity contribution in [2.24, 2.45) is 0 Å². The van der Waals surface area contributed by atoms with Crippen molar-refractivity contribution in [3.05, 3.63) is 57.2 Å². The minimum Gasteiger partial charge on any atom is -0.325 e. The SMILES string of the molecule is CCn1c(SCC(=O)Nc2ccc(I)cc2C)nnc1-c1ccc(C)cc1. The molecule has 2 aromatic carbocycles. The Balaban J connectivity index is 1.69. The molecular formula is C20H21IN4OS. The summed E-state index contributed by atoms with van der Waals surface area (Å²) in [5.41, 5.74) is 4.14. The van der Waals surface area contributed by atoms with E-state index in [1.165, 1.54) is 17.3 Å². The molecular weight excluding hydrogens is 471 g/mol. The summed E-state index contributed by atoms with van der Waals surface area (Å²) in [6.45, 7) is 6.85. The first-order valence-electron chi connectivity index (χ1n) is 8.67. The van der Waals surface area contributed by atoms with Crippen molar-refractivity contribution in [1.82, 2.24) is 14.8 Å². The number of carbonyl (C=O) groups excluding carboxylic acids is 1. The van der Waals surface area contributed by atoms with Crippen LogP contribution < -0.4 is 5.32 Å². The Kier molecular flexibility index (Phi) is 6.54. The van der Waals surface area contributed by atoms with Crippen molar-refractivity contribution in [2.45, 2.75) is 32.5 Å². The summed E-state index contributed by atoms with van der Waals surface area (Å²) >= 11 is 3.66. The summed E-state index contributed by atoms with van der Waals surface area (Å²) < 4.78 is 3.19. The first-order chi connectivity index (χ1) is 13.0. The molecule has 0 saturated carbocycles. The van der Waals surface area contributed by atoms with Gasteiger partial charge in [-0.15, -0.1) is 10.2 Å². The van der Waals surface area contributed by atoms with Crippen molar-refractivity contribution >= 4 is 45.9 Å². The highest BCUT2D eigenvalue weighted by Crippen LogP contribution is 2.25. The number of anilines is 1. The number of nitrogens with one attached hydrogen (secondary N) is 1. The van der Waals surface area contributed by atoms with Crippen LogP contribution in [0.1, 0.15) is 18.1 Å². The van der Waals surface area contributed by atoms with E-state index in [-0.39, 0.29) is 11.7 Å². The fraction of sp³-hybridized carbons (Fsp3) is 0.250. The maximum atomic E-state index is 12.3. The number of rotatable bonds is 6. The molecule has 0 bridgehead atoms. The Labute approximate surface area is 177 Å². The average Bonchev–Trinajstić information content (AvgIpc) is 3.06. The van der Waals surface area contributed by atoms with Gasteiger partial charge >= 0.3 is 0 Å². The third-order valence-corrected chi connectivity index (χ3v) is 5.78. The number of halogens is 1. The van der Waals surface area contributed by atoms with E-state index in [2.05, 4.69) is 64.1 Å². The van der Waals surface area contributed by atoms with Gasteiger partial charge in [-0.05, 0) is 67.1 Å². The maximum absolute atomic E-state index is 12.3. The van der Waals surface area contributed by atoms with Gasteiger partial charge in [-0.25, -0.2) is 0 Å². The number of nitrogens with zero attached hydrogens (tertiary/aromatic N) is 3. The van der Waals surface area contributed by atoms with Crippen LogP contribution in [0.25, 0.3) is 11.4 Å². The van der Waals surface area contributed by atoms with Gasteiger partial charge in [0.2, 0.25) is 5.91 Å². The molecule has 140 valence electrons. The molecule has 3 aromatic rings. The molecule has 0 saturated heterocycles. The van der Waals surface area contributed by atoms with Gasteiger partial charge in [0.05, 0.1) is 5.75 Å². The number of hydrogen-bond acceptors (Lipinski definition) is 4. The molecule has 7 heteroatoms. The van der Waals surface area contributed by atoms with Crippen LogP contribution in [0, 0.1) is 17.4 Å². The number of amides is 1. The molecule has 5 nitrogen and oxygen atoms in total. The van der Waals surface area contributed by atoms with E-state index in [1.807, 2.05) is 41.8 Å². The molecule has 0 unspecified atom stereocenters. The van der Waals surface area contributed by atoms with Crippen LogP contribution in [0.4, 0.5) is 5.69 Å². The Morgan fingerprint density at radius 1 is 1.15 bits per heavy atom. The second kappa shape index (κ2) is 8.88. The molecule has 0 aliphatic carbocycles. The highest BCUT2D eigenvalue weighted by atomic mass is 127. The molecule has 0 atom stereocenters. The summed E-state index contributed by atoms with van der Waals surface area (Å²) in [7, 11) is 0. The van der Waals surface area contributed by atoms with Gasteiger partial charge in [0, 0.05) is 21.4 Å². The van der Waals surface area contributed by atoms with Crippen molar-refractivity contribution in [3.63, 3.8) is 0 Å². The van der Waals surface area contributed by atoms with E-state index in [0.29, 0.717) is 0 Å². The summed E-state index contributed by atoms with van der Waals surface area (Å²) in [5.74, 6) is 1.07. The lowest BCUT2D eigenvalue weighted by Gasteiger charge is -2.09. The third kappa shape index (κ3) is 4.90. The maximum Gasteiger partial charge on any atom is 0.234 e. The van der Waals surface area contributed by atoms with Crippen molar-refractivity contribution in [3.8, 4) is 11.4 Å². The van der Waals surface area contributed by atoms with Crippen LogP contribution in [0.5, 0.6) is 0 Å². The van der Waals surface area contributed by atoms with E-state index in [1.54, 1.807) is 0 Å². The standard InChI is InChI=1S/C20H21IN4OS/c1-4-25-19(15-7-5-13(2)6-8-15)23-24-20(25)27-12-18(26)22-17-10-9-16(21)11-14(17)3/h5-11H,4,12H2,1-3H3,(H,22,26). The van der Waals surface area contributed by atoms with Crippen molar-refractivity contribution in [1.29, 1.82) is 0 Å². The molecule has 0 aliphatic heterocycles. The number of benzene rings is 2. The number of aromatic nitrogens is 3. The quantitative estimate of drug-likeness (QED) is 0.392. The Hall–Kier alpha value is -1.87. The van der Waals surface area contributed by atoms with Gasteiger partial charge in [-0.3, -0.25) is 4.79 Å². The van der Waals surface area contributed by atoms with Crippen LogP contribution in [-0.2, 0) is 11.3 Å². The second-order valence-electron chi connectivity index (χ2n) is 6.21. The number of carbonyl (C=O) groups is 1. The lowest BCUT2D eigenvalue weighted by molar-refractivity contribution is -0.113. The van der Waals surface area contributed by atoms with Crippen molar-refractivity contribution in [2.75, 3.05) is 11.1 Å². The highest BCUT2D eigenvalue weighted by molar-refractivity contribution is 14.1. The smallest absolute Gasteiger partial charge is 0.234 e. The zero-order valence-corrected chi connectivity index (χ0v) is 18.5. The van der Waals surface area contributed by atoms with Crippen LogP contribution in [0.3, 0.4) is 0 Å². The molecule has 0 spiro atoms. The predicted octanol–water partition coefficient (Wildman–Crippen LogP) is 4.92. The van der Waals surface area contributed by atoms with Gasteiger partial charge < -0.3 is 9.88 Å². The number of thioether (sulfide) groups is 1. The summed E-state index contributed by atoms with van der Waals surface area (Å²) in [4.78, 5) is 12.3. The molecule has 1 amide bonds. The molecule has 1 aromatic heterocycles. The summed E-state index contributed by atoms with van der Waals surface area (Å²) in [6, 6.07) is 14.2. The van der Waals surface area contributed by atoms with E-state index in [9.17, 15) is 4.79 Å². The number of hydrogen-bond donors (Lipinski definition) is 1. The van der Waals surface area contributed by atoms with Crippen LogP contribution >= 0.6 is 34.4 Å². The first kappa shape index (κ1) is 19.9.